The largest absolute Gasteiger partial charge is 0.417 e. The van der Waals surface area contributed by atoms with E-state index in [2.05, 4.69) is 4.98 Å². The van der Waals surface area contributed by atoms with Gasteiger partial charge in [-0.25, -0.2) is 9.37 Å². The minimum atomic E-state index is -4.75. The molecule has 0 saturated carbocycles. The summed E-state index contributed by atoms with van der Waals surface area (Å²) in [5.74, 6) is -2.24. The highest BCUT2D eigenvalue weighted by molar-refractivity contribution is 7.18. The van der Waals surface area contributed by atoms with Crippen LogP contribution in [0.15, 0.2) is 42.1 Å². The smallest absolute Gasteiger partial charge is 0.382 e. The maximum atomic E-state index is 13.9. The van der Waals surface area contributed by atoms with Crippen LogP contribution in [0.3, 0.4) is 0 Å². The van der Waals surface area contributed by atoms with Crippen molar-refractivity contribution >= 4 is 45.6 Å². The molecule has 1 amide bonds. The second kappa shape index (κ2) is 9.14. The molecule has 0 aliphatic heterocycles. The van der Waals surface area contributed by atoms with Gasteiger partial charge in [-0.3, -0.25) is 9.59 Å². The topological polar surface area (TPSA) is 102 Å². The fourth-order valence-electron chi connectivity index (χ4n) is 3.17. The van der Waals surface area contributed by atoms with Gasteiger partial charge in [0.2, 0.25) is 11.7 Å². The van der Waals surface area contributed by atoms with E-state index >= 15 is 0 Å². The Labute approximate surface area is 195 Å². The molecule has 3 atom stereocenters. The standard InChI is InChI=1S/C21H19ClF4N4O2S/c1-9-7-12(4-6-15(9)23)30(10(2)19(28)32)20-29-18(27)17(33-20)16(31)11-3-5-14(22)13(8-11)21(24,25)26/h3-10,15H,27H2,1-2H3,(H2,28,32). The fourth-order valence-corrected chi connectivity index (χ4v) is 4.44. The quantitative estimate of drug-likeness (QED) is 0.439. The Morgan fingerprint density at radius 3 is 2.55 bits per heavy atom. The number of alkyl halides is 4. The van der Waals surface area contributed by atoms with Gasteiger partial charge in [0.05, 0.1) is 10.6 Å². The van der Waals surface area contributed by atoms with Crippen LogP contribution in [0.2, 0.25) is 5.02 Å². The van der Waals surface area contributed by atoms with E-state index in [-0.39, 0.29) is 21.4 Å². The number of halogens is 5. The number of hydrogen-bond donors (Lipinski definition) is 2. The lowest BCUT2D eigenvalue weighted by molar-refractivity contribution is -0.137. The first-order valence-electron chi connectivity index (χ1n) is 9.61. The van der Waals surface area contributed by atoms with Gasteiger partial charge >= 0.3 is 6.18 Å². The zero-order chi connectivity index (χ0) is 24.7. The molecule has 1 aromatic heterocycles. The Morgan fingerprint density at radius 1 is 1.30 bits per heavy atom. The summed E-state index contributed by atoms with van der Waals surface area (Å²) in [4.78, 5) is 30.3. The van der Waals surface area contributed by atoms with Crippen LogP contribution in [0, 0.1) is 5.92 Å². The molecule has 3 unspecified atom stereocenters. The number of primary amides is 1. The number of nitrogens with two attached hydrogens (primary N) is 2. The summed E-state index contributed by atoms with van der Waals surface area (Å²) in [6.07, 6.45) is -1.62. The molecule has 1 aromatic carbocycles. The normalized spacial score (nSPS) is 19.2. The summed E-state index contributed by atoms with van der Waals surface area (Å²) in [5.41, 5.74) is 10.4. The first-order chi connectivity index (χ1) is 15.3. The SMILES string of the molecule is CC1C=C(N(c2nc(N)c(C(=O)c3ccc(Cl)c(C(F)(F)F)c3)s2)C(C)C(N)=O)C=CC1F. The molecule has 2 aromatic rings. The van der Waals surface area contributed by atoms with Gasteiger partial charge < -0.3 is 16.4 Å². The second-order valence-corrected chi connectivity index (χ2v) is 8.82. The zero-order valence-corrected chi connectivity index (χ0v) is 18.9. The summed E-state index contributed by atoms with van der Waals surface area (Å²) in [7, 11) is 0. The van der Waals surface area contributed by atoms with Crippen molar-refractivity contribution in [2.24, 2.45) is 11.7 Å². The molecule has 0 fully saturated rings. The van der Waals surface area contributed by atoms with Gasteiger partial charge in [0.15, 0.2) is 5.13 Å². The van der Waals surface area contributed by atoms with Crippen molar-refractivity contribution in [1.82, 2.24) is 4.98 Å². The summed E-state index contributed by atoms with van der Waals surface area (Å²) in [6.45, 7) is 3.14. The number of nitrogen functional groups attached to an aromatic ring is 1. The van der Waals surface area contributed by atoms with Gasteiger partial charge in [0.1, 0.15) is 22.9 Å². The van der Waals surface area contributed by atoms with Gasteiger partial charge in [0, 0.05) is 17.2 Å². The zero-order valence-electron chi connectivity index (χ0n) is 17.4. The third kappa shape index (κ3) is 5.03. The number of hydrogen-bond acceptors (Lipinski definition) is 6. The minimum Gasteiger partial charge on any atom is -0.382 e. The van der Waals surface area contributed by atoms with Crippen molar-refractivity contribution in [1.29, 1.82) is 0 Å². The van der Waals surface area contributed by atoms with Crippen LogP contribution in [-0.4, -0.2) is 28.9 Å². The number of benzene rings is 1. The van der Waals surface area contributed by atoms with Crippen LogP contribution in [-0.2, 0) is 11.0 Å². The van der Waals surface area contributed by atoms with Crippen LogP contribution >= 0.6 is 22.9 Å². The van der Waals surface area contributed by atoms with Crippen LogP contribution < -0.4 is 16.4 Å². The highest BCUT2D eigenvalue weighted by Crippen LogP contribution is 2.38. The fraction of sp³-hybridized carbons (Fsp3) is 0.286. The number of amides is 1. The summed E-state index contributed by atoms with van der Waals surface area (Å²) in [5, 5.41) is -0.442. The molecule has 12 heteroatoms. The van der Waals surface area contributed by atoms with E-state index in [4.69, 9.17) is 23.1 Å². The van der Waals surface area contributed by atoms with E-state index in [0.29, 0.717) is 11.8 Å². The average Bonchev–Trinajstić information content (AvgIpc) is 3.10. The van der Waals surface area contributed by atoms with Crippen molar-refractivity contribution in [2.75, 3.05) is 10.6 Å². The minimum absolute atomic E-state index is 0.104. The molecule has 33 heavy (non-hydrogen) atoms. The van der Waals surface area contributed by atoms with Crippen molar-refractivity contribution in [2.45, 2.75) is 32.2 Å². The van der Waals surface area contributed by atoms with E-state index in [1.807, 2.05) is 0 Å². The maximum absolute atomic E-state index is 13.9. The number of aromatic nitrogens is 1. The van der Waals surface area contributed by atoms with Crippen LogP contribution in [0.4, 0.5) is 28.5 Å². The van der Waals surface area contributed by atoms with Gasteiger partial charge in [-0.05, 0) is 37.3 Å². The number of nitrogens with zero attached hydrogens (tertiary/aromatic N) is 2. The molecule has 6 nitrogen and oxygen atoms in total. The number of anilines is 2. The highest BCUT2D eigenvalue weighted by Gasteiger charge is 2.35. The highest BCUT2D eigenvalue weighted by atomic mass is 35.5. The van der Waals surface area contributed by atoms with Gasteiger partial charge in [0.25, 0.3) is 0 Å². The molecule has 1 aliphatic carbocycles. The summed E-state index contributed by atoms with van der Waals surface area (Å²) in [6, 6.07) is 1.83. The van der Waals surface area contributed by atoms with Crippen molar-refractivity contribution in [3.63, 3.8) is 0 Å². The van der Waals surface area contributed by atoms with E-state index < -0.39 is 46.6 Å². The van der Waals surface area contributed by atoms with Crippen LogP contribution in [0.5, 0.6) is 0 Å². The number of ketones is 1. The molecular formula is C21H19ClF4N4O2S. The number of carbonyl (C=O) groups excluding carboxylic acids is 2. The maximum Gasteiger partial charge on any atom is 0.417 e. The third-order valence-corrected chi connectivity index (χ3v) is 6.45. The van der Waals surface area contributed by atoms with E-state index in [1.165, 1.54) is 24.0 Å². The van der Waals surface area contributed by atoms with Crippen molar-refractivity contribution in [3.05, 3.63) is 63.2 Å². The first kappa shape index (κ1) is 24.7. The first-order valence-corrected chi connectivity index (χ1v) is 10.8. The molecule has 176 valence electrons. The lowest BCUT2D eigenvalue weighted by Gasteiger charge is -2.30. The Morgan fingerprint density at radius 2 is 1.97 bits per heavy atom. The van der Waals surface area contributed by atoms with E-state index in [9.17, 15) is 27.2 Å². The summed E-state index contributed by atoms with van der Waals surface area (Å²) < 4.78 is 53.5. The summed E-state index contributed by atoms with van der Waals surface area (Å²) >= 11 is 6.40. The molecule has 0 bridgehead atoms. The Balaban J connectivity index is 2.04. The lowest BCUT2D eigenvalue weighted by Crippen LogP contribution is -2.42. The van der Waals surface area contributed by atoms with Gasteiger partial charge in [-0.15, -0.1) is 0 Å². The van der Waals surface area contributed by atoms with Gasteiger partial charge in [-0.1, -0.05) is 35.9 Å². The molecule has 1 aliphatic rings. The lowest BCUT2D eigenvalue weighted by atomic mass is 9.98. The number of allylic oxidation sites excluding steroid dienone is 3. The molecule has 3 rings (SSSR count). The monoisotopic (exact) mass is 502 g/mol. The molecular weight excluding hydrogens is 484 g/mol. The van der Waals surface area contributed by atoms with Crippen LogP contribution in [0.25, 0.3) is 0 Å². The van der Waals surface area contributed by atoms with E-state index in [1.54, 1.807) is 13.0 Å². The number of rotatable bonds is 6. The van der Waals surface area contributed by atoms with E-state index in [0.717, 1.165) is 23.5 Å². The molecule has 4 N–H and O–H groups in total. The molecule has 0 saturated heterocycles. The average molecular weight is 503 g/mol. The Hall–Kier alpha value is -2.92. The number of carbonyl (C=O) groups is 2. The Kier molecular flexibility index (Phi) is 6.85. The molecule has 0 radical (unpaired) electrons. The third-order valence-electron chi connectivity index (χ3n) is 5.05. The van der Waals surface area contributed by atoms with Crippen LogP contribution in [0.1, 0.15) is 34.6 Å². The van der Waals surface area contributed by atoms with Crippen molar-refractivity contribution in [3.8, 4) is 0 Å². The second-order valence-electron chi connectivity index (χ2n) is 7.43. The van der Waals surface area contributed by atoms with Crippen molar-refractivity contribution < 1.29 is 27.2 Å². The predicted molar refractivity (Wildman–Crippen MR) is 119 cm³/mol. The molecule has 1 heterocycles. The predicted octanol–water partition coefficient (Wildman–Crippen LogP) is 4.74. The van der Waals surface area contributed by atoms with Gasteiger partial charge in [-0.2, -0.15) is 13.2 Å². The number of thiazole rings is 1. The molecule has 0 spiro atoms. The Bertz CT molecular complexity index is 1160.